The van der Waals surface area contributed by atoms with E-state index in [2.05, 4.69) is 4.98 Å². The molecule has 1 aromatic carbocycles. The normalized spacial score (nSPS) is 10.8. The summed E-state index contributed by atoms with van der Waals surface area (Å²) in [5.74, 6) is -0.964. The molecule has 1 aromatic heterocycles. The van der Waals surface area contributed by atoms with Crippen molar-refractivity contribution in [2.75, 3.05) is 0 Å². The highest BCUT2D eigenvalue weighted by Crippen LogP contribution is 2.23. The van der Waals surface area contributed by atoms with Crippen molar-refractivity contribution in [3.63, 3.8) is 0 Å². The average molecular weight is 231 g/mol. The van der Waals surface area contributed by atoms with Gasteiger partial charge in [0.25, 0.3) is 0 Å². The number of hydrogen-bond acceptors (Lipinski definition) is 3. The van der Waals surface area contributed by atoms with Crippen LogP contribution >= 0.6 is 11.3 Å². The maximum absolute atomic E-state index is 10.3. The van der Waals surface area contributed by atoms with Gasteiger partial charge in [-0.1, -0.05) is 30.3 Å². The van der Waals surface area contributed by atoms with Crippen molar-refractivity contribution >= 4 is 23.4 Å². The van der Waals surface area contributed by atoms with Crippen LogP contribution in [0.5, 0.6) is 0 Å². The highest BCUT2D eigenvalue weighted by molar-refractivity contribution is 7.13. The lowest BCUT2D eigenvalue weighted by Gasteiger charge is -1.92. The third kappa shape index (κ3) is 2.55. The second-order valence-electron chi connectivity index (χ2n) is 3.12. The monoisotopic (exact) mass is 231 g/mol. The van der Waals surface area contributed by atoms with E-state index in [-0.39, 0.29) is 0 Å². The molecule has 0 aliphatic rings. The molecule has 16 heavy (non-hydrogen) atoms. The molecular formula is C12H9NO2S. The van der Waals surface area contributed by atoms with Crippen LogP contribution in [-0.4, -0.2) is 16.1 Å². The van der Waals surface area contributed by atoms with Crippen molar-refractivity contribution in [2.24, 2.45) is 0 Å². The Bertz CT molecular complexity index is 517. The number of rotatable bonds is 3. The van der Waals surface area contributed by atoms with Crippen molar-refractivity contribution in [3.05, 3.63) is 47.5 Å². The van der Waals surface area contributed by atoms with Crippen LogP contribution in [0.2, 0.25) is 0 Å². The SMILES string of the molecule is O=C(O)/C=C\c1csc(-c2ccccc2)n1. The molecule has 0 saturated heterocycles. The van der Waals surface area contributed by atoms with Crippen molar-refractivity contribution < 1.29 is 9.90 Å². The summed E-state index contributed by atoms with van der Waals surface area (Å²) in [6.07, 6.45) is 2.58. The highest BCUT2D eigenvalue weighted by atomic mass is 32.1. The molecule has 1 N–H and O–H groups in total. The van der Waals surface area contributed by atoms with E-state index >= 15 is 0 Å². The number of carboxylic acid groups (broad SMARTS) is 1. The van der Waals surface area contributed by atoms with E-state index in [1.165, 1.54) is 17.4 Å². The molecular weight excluding hydrogens is 222 g/mol. The van der Waals surface area contributed by atoms with E-state index in [0.29, 0.717) is 5.69 Å². The van der Waals surface area contributed by atoms with Gasteiger partial charge in [0.15, 0.2) is 0 Å². The molecule has 0 fully saturated rings. The predicted octanol–water partition coefficient (Wildman–Crippen LogP) is 2.91. The van der Waals surface area contributed by atoms with Crippen LogP contribution < -0.4 is 0 Å². The maximum Gasteiger partial charge on any atom is 0.328 e. The second kappa shape index (κ2) is 4.72. The first-order valence-corrected chi connectivity index (χ1v) is 5.55. The summed E-state index contributed by atoms with van der Waals surface area (Å²) in [5, 5.41) is 11.2. The van der Waals surface area contributed by atoms with Crippen LogP contribution in [0, 0.1) is 0 Å². The van der Waals surface area contributed by atoms with Crippen LogP contribution in [0.15, 0.2) is 41.8 Å². The molecule has 0 saturated carbocycles. The molecule has 3 nitrogen and oxygen atoms in total. The zero-order valence-corrected chi connectivity index (χ0v) is 9.15. The van der Waals surface area contributed by atoms with Gasteiger partial charge < -0.3 is 5.11 Å². The quantitative estimate of drug-likeness (QED) is 0.826. The number of carbonyl (C=O) groups is 1. The molecule has 0 atom stereocenters. The van der Waals surface area contributed by atoms with Crippen LogP contribution in [0.4, 0.5) is 0 Å². The first kappa shape index (κ1) is 10.6. The van der Waals surface area contributed by atoms with Crippen LogP contribution in [0.3, 0.4) is 0 Å². The minimum absolute atomic E-state index is 0.672. The summed E-state index contributed by atoms with van der Waals surface area (Å²) in [7, 11) is 0. The molecule has 0 radical (unpaired) electrons. The maximum atomic E-state index is 10.3. The van der Waals surface area contributed by atoms with E-state index in [1.54, 1.807) is 0 Å². The van der Waals surface area contributed by atoms with Gasteiger partial charge in [0.2, 0.25) is 0 Å². The van der Waals surface area contributed by atoms with E-state index in [4.69, 9.17) is 5.11 Å². The van der Waals surface area contributed by atoms with Crippen molar-refractivity contribution in [3.8, 4) is 10.6 Å². The summed E-state index contributed by atoms with van der Waals surface area (Å²) in [6, 6.07) is 9.79. The lowest BCUT2D eigenvalue weighted by Crippen LogP contribution is -1.85. The fourth-order valence-corrected chi connectivity index (χ4v) is 2.03. The van der Waals surface area contributed by atoms with Gasteiger partial charge in [0, 0.05) is 17.0 Å². The third-order valence-corrected chi connectivity index (χ3v) is 2.85. The summed E-state index contributed by atoms with van der Waals surface area (Å²) in [5.41, 5.74) is 1.72. The minimum atomic E-state index is -0.964. The van der Waals surface area contributed by atoms with E-state index in [1.807, 2.05) is 35.7 Å². The number of aromatic nitrogens is 1. The Kier molecular flexibility index (Phi) is 3.12. The van der Waals surface area contributed by atoms with E-state index in [9.17, 15) is 4.79 Å². The van der Waals surface area contributed by atoms with Gasteiger partial charge in [-0.2, -0.15) is 0 Å². The van der Waals surface area contributed by atoms with Crippen molar-refractivity contribution in [1.29, 1.82) is 0 Å². The van der Waals surface area contributed by atoms with Gasteiger partial charge in [-0.25, -0.2) is 9.78 Å². The number of thiazole rings is 1. The average Bonchev–Trinajstić information content (AvgIpc) is 2.76. The molecule has 2 aromatic rings. The summed E-state index contributed by atoms with van der Waals surface area (Å²) >= 11 is 1.50. The Balaban J connectivity index is 2.23. The summed E-state index contributed by atoms with van der Waals surface area (Å²) < 4.78 is 0. The molecule has 2 rings (SSSR count). The Morgan fingerprint density at radius 2 is 2.06 bits per heavy atom. The Morgan fingerprint density at radius 3 is 2.75 bits per heavy atom. The van der Waals surface area contributed by atoms with Gasteiger partial charge in [-0.3, -0.25) is 0 Å². The number of benzene rings is 1. The van der Waals surface area contributed by atoms with Gasteiger partial charge in [-0.15, -0.1) is 11.3 Å². The number of nitrogens with zero attached hydrogens (tertiary/aromatic N) is 1. The van der Waals surface area contributed by atoms with Gasteiger partial charge >= 0.3 is 5.97 Å². The standard InChI is InChI=1S/C12H9NO2S/c14-11(15)7-6-10-8-16-12(13-10)9-4-2-1-3-5-9/h1-8H,(H,14,15)/b7-6-. The third-order valence-electron chi connectivity index (χ3n) is 1.94. The van der Waals surface area contributed by atoms with Gasteiger partial charge in [0.05, 0.1) is 5.69 Å². The molecule has 0 aliphatic carbocycles. The molecule has 1 heterocycles. The van der Waals surface area contributed by atoms with Gasteiger partial charge in [0.1, 0.15) is 5.01 Å². The second-order valence-corrected chi connectivity index (χ2v) is 3.97. The number of carboxylic acids is 1. The molecule has 80 valence electrons. The molecule has 0 spiro atoms. The molecule has 0 aliphatic heterocycles. The van der Waals surface area contributed by atoms with Crippen molar-refractivity contribution in [1.82, 2.24) is 4.98 Å². The summed E-state index contributed by atoms with van der Waals surface area (Å²) in [6.45, 7) is 0. The number of hydrogen-bond donors (Lipinski definition) is 1. The Hall–Kier alpha value is -1.94. The topological polar surface area (TPSA) is 50.2 Å². The fourth-order valence-electron chi connectivity index (χ4n) is 1.23. The first-order chi connectivity index (χ1) is 7.75. The molecule has 4 heteroatoms. The molecule has 0 amide bonds. The molecule has 0 unspecified atom stereocenters. The van der Waals surface area contributed by atoms with Crippen molar-refractivity contribution in [2.45, 2.75) is 0 Å². The lowest BCUT2D eigenvalue weighted by molar-refractivity contribution is -0.131. The minimum Gasteiger partial charge on any atom is -0.478 e. The predicted molar refractivity (Wildman–Crippen MR) is 64.2 cm³/mol. The largest absolute Gasteiger partial charge is 0.478 e. The van der Waals surface area contributed by atoms with Crippen LogP contribution in [0.25, 0.3) is 16.6 Å². The van der Waals surface area contributed by atoms with Crippen LogP contribution in [0.1, 0.15) is 5.69 Å². The van der Waals surface area contributed by atoms with E-state index < -0.39 is 5.97 Å². The first-order valence-electron chi connectivity index (χ1n) is 4.67. The fraction of sp³-hybridized carbons (Fsp3) is 0. The lowest BCUT2D eigenvalue weighted by atomic mass is 10.2. The van der Waals surface area contributed by atoms with Gasteiger partial charge in [-0.05, 0) is 6.08 Å². The van der Waals surface area contributed by atoms with Crippen LogP contribution in [-0.2, 0) is 4.79 Å². The zero-order valence-electron chi connectivity index (χ0n) is 8.33. The Morgan fingerprint density at radius 1 is 1.31 bits per heavy atom. The summed E-state index contributed by atoms with van der Waals surface area (Å²) in [4.78, 5) is 14.7. The molecule has 0 bridgehead atoms. The zero-order chi connectivity index (χ0) is 11.4. The van der Waals surface area contributed by atoms with E-state index in [0.717, 1.165) is 16.6 Å². The Labute approximate surface area is 96.7 Å². The highest BCUT2D eigenvalue weighted by Gasteiger charge is 2.01. The number of aliphatic carboxylic acids is 1. The smallest absolute Gasteiger partial charge is 0.328 e.